The van der Waals surface area contributed by atoms with Crippen LogP contribution in [0.2, 0.25) is 0 Å². The third-order valence-corrected chi connectivity index (χ3v) is 4.91. The first-order valence-electron chi connectivity index (χ1n) is 9.99. The molecule has 3 aromatic heterocycles. The highest BCUT2D eigenvalue weighted by Crippen LogP contribution is 2.33. The lowest BCUT2D eigenvalue weighted by Gasteiger charge is -2.17. The van der Waals surface area contributed by atoms with Gasteiger partial charge in [-0.25, -0.2) is 9.97 Å². The quantitative estimate of drug-likeness (QED) is 0.665. The van der Waals surface area contributed by atoms with Gasteiger partial charge in [-0.1, -0.05) is 0 Å². The Kier molecular flexibility index (Phi) is 5.43. The Hall–Kier alpha value is -2.67. The van der Waals surface area contributed by atoms with Crippen LogP contribution in [0.4, 0.5) is 5.69 Å². The summed E-state index contributed by atoms with van der Waals surface area (Å²) >= 11 is 0. The van der Waals surface area contributed by atoms with Gasteiger partial charge in [-0.15, -0.1) is 0 Å². The van der Waals surface area contributed by atoms with E-state index in [1.54, 1.807) is 6.20 Å². The Morgan fingerprint density at radius 1 is 1.39 bits per heavy atom. The summed E-state index contributed by atoms with van der Waals surface area (Å²) in [5, 5.41) is 8.15. The van der Waals surface area contributed by atoms with Crippen LogP contribution in [0.3, 0.4) is 0 Å². The largest absolute Gasteiger partial charge is 0.477 e. The van der Waals surface area contributed by atoms with Crippen molar-refractivity contribution in [3.63, 3.8) is 0 Å². The first-order valence-corrected chi connectivity index (χ1v) is 9.99. The number of nitrogens with one attached hydrogen (secondary N) is 1. The minimum Gasteiger partial charge on any atom is -0.477 e. The number of rotatable bonds is 7. The van der Waals surface area contributed by atoms with Gasteiger partial charge in [0.05, 0.1) is 35.9 Å². The number of hydrogen-bond acceptors (Lipinski definition) is 6. The first-order chi connectivity index (χ1) is 13.7. The smallest absolute Gasteiger partial charge is 0.222 e. The average molecular weight is 381 g/mol. The normalized spacial score (nSPS) is 16.8. The van der Waals surface area contributed by atoms with Crippen LogP contribution in [0, 0.1) is 0 Å². The minimum atomic E-state index is 0.241. The molecule has 0 bridgehead atoms. The van der Waals surface area contributed by atoms with Crippen molar-refractivity contribution < 1.29 is 9.47 Å². The highest BCUT2D eigenvalue weighted by Gasteiger charge is 2.19. The van der Waals surface area contributed by atoms with E-state index in [-0.39, 0.29) is 12.1 Å². The lowest BCUT2D eigenvalue weighted by atomic mass is 10.1. The maximum Gasteiger partial charge on any atom is 0.222 e. The summed E-state index contributed by atoms with van der Waals surface area (Å²) in [6.45, 7) is 8.38. The Morgan fingerprint density at radius 2 is 2.29 bits per heavy atom. The predicted molar refractivity (Wildman–Crippen MR) is 110 cm³/mol. The molecule has 4 rings (SSSR count). The summed E-state index contributed by atoms with van der Waals surface area (Å²) in [7, 11) is 0. The zero-order valence-corrected chi connectivity index (χ0v) is 16.7. The lowest BCUT2D eigenvalue weighted by Crippen LogP contribution is -2.19. The number of nitrogens with zero attached hydrogens (tertiary/aromatic N) is 4. The van der Waals surface area contributed by atoms with Crippen LogP contribution in [0.15, 0.2) is 30.6 Å². The second-order valence-electron chi connectivity index (χ2n) is 7.28. The molecule has 0 radical (unpaired) electrons. The Morgan fingerprint density at radius 3 is 3.04 bits per heavy atom. The molecule has 1 N–H and O–H groups in total. The van der Waals surface area contributed by atoms with Gasteiger partial charge < -0.3 is 14.8 Å². The zero-order valence-electron chi connectivity index (χ0n) is 16.7. The van der Waals surface area contributed by atoms with E-state index in [0.717, 1.165) is 54.0 Å². The van der Waals surface area contributed by atoms with Gasteiger partial charge in [0.2, 0.25) is 5.88 Å². The summed E-state index contributed by atoms with van der Waals surface area (Å²) in [5.74, 6) is 0.596. The van der Waals surface area contributed by atoms with Crippen molar-refractivity contribution >= 4 is 16.7 Å². The molecule has 1 atom stereocenters. The summed E-state index contributed by atoms with van der Waals surface area (Å²) in [4.78, 5) is 9.23. The molecule has 1 aliphatic heterocycles. The standard InChI is InChI=1S/C21H27N5O2/c1-4-27-21-16(8-5-9-22-21)17-11-18(23-12-15-7-6-10-28-15)20-19(25-17)13-24-26(20)14(2)3/h5,8-9,11,13-15H,4,6-7,10,12H2,1-3H3,(H,23,25)/t15-/m1/s1. The fourth-order valence-electron chi connectivity index (χ4n) is 3.59. The number of fused-ring (bicyclic) bond motifs is 1. The Labute approximate surface area is 165 Å². The Balaban J connectivity index is 1.78. The molecule has 4 heterocycles. The number of pyridine rings is 2. The predicted octanol–water partition coefficient (Wildman–Crippen LogP) is 4.06. The van der Waals surface area contributed by atoms with Crippen molar-refractivity contribution in [2.45, 2.75) is 45.8 Å². The molecule has 0 spiro atoms. The van der Waals surface area contributed by atoms with Crippen LogP contribution in [0.25, 0.3) is 22.3 Å². The molecular formula is C21H27N5O2. The molecule has 1 aliphatic rings. The zero-order chi connectivity index (χ0) is 19.5. The number of anilines is 1. The molecule has 1 fully saturated rings. The SMILES string of the molecule is CCOc1ncccc1-c1cc(NC[C@H]2CCCO2)c2c(cnn2C(C)C)n1. The third-order valence-electron chi connectivity index (χ3n) is 4.91. The van der Waals surface area contributed by atoms with Gasteiger partial charge in [-0.2, -0.15) is 5.10 Å². The second-order valence-corrected chi connectivity index (χ2v) is 7.28. The van der Waals surface area contributed by atoms with E-state index in [0.29, 0.717) is 12.5 Å². The van der Waals surface area contributed by atoms with Gasteiger partial charge in [0.15, 0.2) is 0 Å². The fraction of sp³-hybridized carbons (Fsp3) is 0.476. The topological polar surface area (TPSA) is 74.1 Å². The van der Waals surface area contributed by atoms with Gasteiger partial charge in [-0.3, -0.25) is 4.68 Å². The van der Waals surface area contributed by atoms with Crippen molar-refractivity contribution in [1.29, 1.82) is 0 Å². The number of aromatic nitrogens is 4. The first kappa shape index (κ1) is 18.7. The minimum absolute atomic E-state index is 0.241. The molecule has 148 valence electrons. The summed E-state index contributed by atoms with van der Waals surface area (Å²) in [6.07, 6.45) is 6.03. The van der Waals surface area contributed by atoms with Crippen molar-refractivity contribution in [2.24, 2.45) is 0 Å². The van der Waals surface area contributed by atoms with Crippen molar-refractivity contribution in [2.75, 3.05) is 25.1 Å². The Bertz CT molecular complexity index is 947. The molecular weight excluding hydrogens is 354 g/mol. The molecule has 0 unspecified atom stereocenters. The van der Waals surface area contributed by atoms with E-state index in [4.69, 9.17) is 14.5 Å². The monoisotopic (exact) mass is 381 g/mol. The third kappa shape index (κ3) is 3.67. The number of ether oxygens (including phenoxy) is 2. The van der Waals surface area contributed by atoms with E-state index < -0.39 is 0 Å². The van der Waals surface area contributed by atoms with Gasteiger partial charge in [0, 0.05) is 25.4 Å². The van der Waals surface area contributed by atoms with Crippen LogP contribution >= 0.6 is 0 Å². The van der Waals surface area contributed by atoms with Crippen molar-refractivity contribution in [3.8, 4) is 17.1 Å². The fourth-order valence-corrected chi connectivity index (χ4v) is 3.59. The van der Waals surface area contributed by atoms with Gasteiger partial charge in [0.1, 0.15) is 11.0 Å². The molecule has 0 amide bonds. The van der Waals surface area contributed by atoms with Crippen LogP contribution in [0.5, 0.6) is 5.88 Å². The van der Waals surface area contributed by atoms with E-state index in [1.807, 2.05) is 29.9 Å². The number of hydrogen-bond donors (Lipinski definition) is 1. The molecule has 7 heteroatoms. The summed E-state index contributed by atoms with van der Waals surface area (Å²) < 4.78 is 13.5. The highest BCUT2D eigenvalue weighted by molar-refractivity contribution is 5.91. The van der Waals surface area contributed by atoms with Crippen molar-refractivity contribution in [3.05, 3.63) is 30.6 Å². The molecule has 0 saturated carbocycles. The van der Waals surface area contributed by atoms with Crippen LogP contribution in [0.1, 0.15) is 39.7 Å². The van der Waals surface area contributed by atoms with E-state index in [1.165, 1.54) is 0 Å². The second kappa shape index (κ2) is 8.14. The maximum absolute atomic E-state index is 5.78. The summed E-state index contributed by atoms with van der Waals surface area (Å²) in [5.41, 5.74) is 4.57. The molecule has 0 aliphatic carbocycles. The molecule has 7 nitrogen and oxygen atoms in total. The lowest BCUT2D eigenvalue weighted by molar-refractivity contribution is 0.120. The van der Waals surface area contributed by atoms with Gasteiger partial charge in [0.25, 0.3) is 0 Å². The van der Waals surface area contributed by atoms with Crippen LogP contribution in [-0.4, -0.2) is 45.6 Å². The molecule has 3 aromatic rings. The van der Waals surface area contributed by atoms with E-state index >= 15 is 0 Å². The van der Waals surface area contributed by atoms with E-state index in [2.05, 4.69) is 35.3 Å². The van der Waals surface area contributed by atoms with Gasteiger partial charge in [-0.05, 0) is 51.8 Å². The molecule has 28 heavy (non-hydrogen) atoms. The summed E-state index contributed by atoms with van der Waals surface area (Å²) in [6, 6.07) is 6.20. The highest BCUT2D eigenvalue weighted by atomic mass is 16.5. The maximum atomic E-state index is 5.78. The van der Waals surface area contributed by atoms with Crippen LogP contribution < -0.4 is 10.1 Å². The van der Waals surface area contributed by atoms with Crippen LogP contribution in [-0.2, 0) is 4.74 Å². The van der Waals surface area contributed by atoms with E-state index in [9.17, 15) is 0 Å². The average Bonchev–Trinajstić information content (AvgIpc) is 3.36. The van der Waals surface area contributed by atoms with Gasteiger partial charge >= 0.3 is 0 Å². The van der Waals surface area contributed by atoms with Crippen molar-refractivity contribution in [1.82, 2.24) is 19.7 Å². The molecule has 0 aromatic carbocycles. The molecule has 1 saturated heterocycles.